The highest BCUT2D eigenvalue weighted by Gasteiger charge is 2.39. The van der Waals surface area contributed by atoms with Crippen LogP contribution in [0.25, 0.3) is 0 Å². The Morgan fingerprint density at radius 2 is 1.46 bits per heavy atom. The van der Waals surface area contributed by atoms with Crippen LogP contribution in [0.15, 0.2) is 78.6 Å². The van der Waals surface area contributed by atoms with E-state index in [-0.39, 0.29) is 22.5 Å². The maximum Gasteiger partial charge on any atom is 0.573 e. The van der Waals surface area contributed by atoms with Crippen molar-refractivity contribution in [3.63, 3.8) is 0 Å². The van der Waals surface area contributed by atoms with Crippen LogP contribution >= 0.6 is 0 Å². The van der Waals surface area contributed by atoms with E-state index in [1.807, 2.05) is 0 Å². The molecule has 14 heteroatoms. The van der Waals surface area contributed by atoms with Gasteiger partial charge in [-0.05, 0) is 73.5 Å². The van der Waals surface area contributed by atoms with Crippen molar-refractivity contribution in [1.82, 2.24) is 10.3 Å². The molecule has 1 aromatic heterocycles. The molecule has 41 heavy (non-hydrogen) atoms. The Morgan fingerprint density at radius 3 is 2.00 bits per heavy atom. The van der Waals surface area contributed by atoms with Gasteiger partial charge in [0.25, 0.3) is 5.91 Å². The molecule has 1 atom stereocenters. The largest absolute Gasteiger partial charge is 0.573 e. The van der Waals surface area contributed by atoms with Crippen LogP contribution in [0.1, 0.15) is 42.3 Å². The summed E-state index contributed by atoms with van der Waals surface area (Å²) < 4.78 is 121. The van der Waals surface area contributed by atoms with Gasteiger partial charge in [0.05, 0.1) is 22.8 Å². The zero-order chi connectivity index (χ0) is 30.4. The van der Waals surface area contributed by atoms with Crippen LogP contribution in [0.2, 0.25) is 0 Å². The van der Waals surface area contributed by atoms with E-state index in [1.54, 1.807) is 13.8 Å². The van der Waals surface area contributed by atoms with Gasteiger partial charge in [0, 0.05) is 11.9 Å². The normalized spacial score (nSPS) is 16.6. The van der Waals surface area contributed by atoms with Crippen LogP contribution in [0.3, 0.4) is 0 Å². The highest BCUT2D eigenvalue weighted by Crippen LogP contribution is 2.39. The third-order valence-electron chi connectivity index (χ3n) is 6.18. The summed E-state index contributed by atoms with van der Waals surface area (Å²) in [6.07, 6.45) is -12.0. The van der Waals surface area contributed by atoms with Gasteiger partial charge in [0.1, 0.15) is 11.4 Å². The summed E-state index contributed by atoms with van der Waals surface area (Å²) in [6.45, 7) is 3.11. The molecule has 0 radical (unpaired) electrons. The second kappa shape index (κ2) is 10.3. The third-order valence-corrected chi connectivity index (χ3v) is 6.18. The number of pyridine rings is 1. The fourth-order valence-corrected chi connectivity index (χ4v) is 4.22. The summed E-state index contributed by atoms with van der Waals surface area (Å²) in [6, 6.07) is 9.20. The first kappa shape index (κ1) is 29.7. The van der Waals surface area contributed by atoms with Gasteiger partial charge in [0.15, 0.2) is 0 Å². The van der Waals surface area contributed by atoms with Crippen molar-refractivity contribution in [1.29, 1.82) is 0 Å². The molecule has 2 heterocycles. The maximum atomic E-state index is 13.6. The number of ether oxygens (including phenoxy) is 1. The van der Waals surface area contributed by atoms with Crippen LogP contribution in [0.4, 0.5) is 45.2 Å². The Hall–Kier alpha value is -4.23. The second-order valence-electron chi connectivity index (χ2n) is 9.55. The minimum absolute atomic E-state index is 0.0113. The Balaban J connectivity index is 1.72. The average Bonchev–Trinajstić information content (AvgIpc) is 3.17. The second-order valence-corrected chi connectivity index (χ2v) is 9.55. The van der Waals surface area contributed by atoms with E-state index in [4.69, 9.17) is 0 Å². The number of alkyl halides is 9. The van der Waals surface area contributed by atoms with Gasteiger partial charge in [-0.15, -0.1) is 13.2 Å². The molecule has 3 aromatic rings. The fraction of sp³-hybridized carbons (Fsp3) is 0.259. The van der Waals surface area contributed by atoms with Crippen molar-refractivity contribution in [2.24, 2.45) is 0 Å². The number of carbonyl (C=O) groups is 1. The molecule has 0 unspecified atom stereocenters. The number of nitrogens with one attached hydrogen (secondary N) is 1. The number of halogens is 9. The van der Waals surface area contributed by atoms with Crippen LogP contribution in [-0.4, -0.2) is 17.3 Å². The van der Waals surface area contributed by atoms with E-state index in [2.05, 4.69) is 15.0 Å². The molecule has 0 saturated carbocycles. The molecule has 1 N–H and O–H groups in total. The Kier molecular flexibility index (Phi) is 7.48. The zero-order valence-electron chi connectivity index (χ0n) is 21.1. The lowest BCUT2D eigenvalue weighted by Gasteiger charge is -2.29. The smallest absolute Gasteiger partial charge is 0.406 e. The first-order valence-electron chi connectivity index (χ1n) is 11.8. The molecule has 1 amide bonds. The topological polar surface area (TPSA) is 54.5 Å². The summed E-state index contributed by atoms with van der Waals surface area (Å²) in [5, 5.41) is 2.92. The molecule has 0 bridgehead atoms. The molecule has 5 nitrogen and oxygen atoms in total. The standard InChI is InChI=1S/C27H20F9N3O2/c1-24(2,17-8-11-22(37-14-17)26(31,32)33)38-20-13-21(15-4-3-5-19(12-15)41-27(34,35)36)39(23(20)40)18-9-6-16(7-10-18)25(28,29)30/h3-14,21,38H,1-2H3/t21-/m1/s1. The maximum absolute atomic E-state index is 13.6. The molecule has 1 aliphatic rings. The van der Waals surface area contributed by atoms with E-state index < -0.39 is 53.2 Å². The molecule has 1 aliphatic heterocycles. The summed E-state index contributed by atoms with van der Waals surface area (Å²) >= 11 is 0. The summed E-state index contributed by atoms with van der Waals surface area (Å²) in [4.78, 5) is 18.1. The number of benzene rings is 2. The lowest BCUT2D eigenvalue weighted by Crippen LogP contribution is -2.40. The summed E-state index contributed by atoms with van der Waals surface area (Å²) in [5.41, 5.74) is -2.95. The first-order chi connectivity index (χ1) is 18.8. The molecular weight excluding hydrogens is 569 g/mol. The van der Waals surface area contributed by atoms with Gasteiger partial charge in [-0.3, -0.25) is 14.7 Å². The van der Waals surface area contributed by atoms with Crippen LogP contribution in [0, 0.1) is 0 Å². The van der Waals surface area contributed by atoms with Gasteiger partial charge in [-0.2, -0.15) is 26.3 Å². The van der Waals surface area contributed by atoms with Crippen molar-refractivity contribution < 1.29 is 49.0 Å². The highest BCUT2D eigenvalue weighted by atomic mass is 19.4. The number of anilines is 1. The SMILES string of the molecule is CC(C)(NC1=C[C@H](c2cccc(OC(F)(F)F)c2)N(c2ccc(C(F)(F)F)cc2)C1=O)c1ccc(C(F)(F)F)nc1. The monoisotopic (exact) mass is 589 g/mol. The van der Waals surface area contributed by atoms with Crippen molar-refractivity contribution in [3.05, 3.63) is 101 Å². The van der Waals surface area contributed by atoms with E-state index >= 15 is 0 Å². The lowest BCUT2D eigenvalue weighted by molar-refractivity contribution is -0.274. The van der Waals surface area contributed by atoms with E-state index in [0.29, 0.717) is 0 Å². The Labute approximate surface area is 227 Å². The van der Waals surface area contributed by atoms with Gasteiger partial charge < -0.3 is 10.1 Å². The minimum Gasteiger partial charge on any atom is -0.406 e. The van der Waals surface area contributed by atoms with Gasteiger partial charge in [-0.1, -0.05) is 18.2 Å². The summed E-state index contributed by atoms with van der Waals surface area (Å²) in [5.74, 6) is -1.33. The third kappa shape index (κ3) is 6.74. The van der Waals surface area contributed by atoms with Gasteiger partial charge >= 0.3 is 18.7 Å². The molecular formula is C27H20F9N3O2. The quantitative estimate of drug-likeness (QED) is 0.303. The summed E-state index contributed by atoms with van der Waals surface area (Å²) in [7, 11) is 0. The van der Waals surface area contributed by atoms with Crippen LogP contribution in [-0.2, 0) is 22.7 Å². The van der Waals surface area contributed by atoms with Crippen molar-refractivity contribution in [2.45, 2.75) is 44.1 Å². The Morgan fingerprint density at radius 1 is 0.829 bits per heavy atom. The van der Waals surface area contributed by atoms with Gasteiger partial charge in [0.2, 0.25) is 0 Å². The Bertz CT molecular complexity index is 1440. The minimum atomic E-state index is -5.00. The molecule has 0 fully saturated rings. The number of hydrogen-bond donors (Lipinski definition) is 1. The number of amides is 1. The molecule has 4 rings (SSSR count). The van der Waals surface area contributed by atoms with Crippen LogP contribution < -0.4 is 15.0 Å². The number of rotatable bonds is 6. The molecule has 2 aromatic carbocycles. The van der Waals surface area contributed by atoms with E-state index in [1.165, 1.54) is 24.3 Å². The molecule has 0 spiro atoms. The van der Waals surface area contributed by atoms with E-state index in [9.17, 15) is 44.3 Å². The van der Waals surface area contributed by atoms with Crippen LogP contribution in [0.5, 0.6) is 5.75 Å². The molecule has 0 saturated heterocycles. The predicted molar refractivity (Wildman–Crippen MR) is 128 cm³/mol. The number of nitrogens with zero attached hydrogens (tertiary/aromatic N) is 2. The number of hydrogen-bond acceptors (Lipinski definition) is 4. The lowest BCUT2D eigenvalue weighted by atomic mass is 9.95. The van der Waals surface area contributed by atoms with Crippen molar-refractivity contribution >= 4 is 11.6 Å². The van der Waals surface area contributed by atoms with Crippen molar-refractivity contribution in [2.75, 3.05) is 4.90 Å². The zero-order valence-corrected chi connectivity index (χ0v) is 21.1. The fourth-order valence-electron chi connectivity index (χ4n) is 4.22. The van der Waals surface area contributed by atoms with E-state index in [0.717, 1.165) is 53.6 Å². The number of carbonyl (C=O) groups excluding carboxylic acids is 1. The van der Waals surface area contributed by atoms with Crippen molar-refractivity contribution in [3.8, 4) is 5.75 Å². The average molecular weight is 589 g/mol. The van der Waals surface area contributed by atoms with Gasteiger partial charge in [-0.25, -0.2) is 0 Å². The highest BCUT2D eigenvalue weighted by molar-refractivity contribution is 6.09. The first-order valence-corrected chi connectivity index (χ1v) is 11.8. The predicted octanol–water partition coefficient (Wildman–Crippen LogP) is 7.51. The number of aromatic nitrogens is 1. The molecule has 0 aliphatic carbocycles. The molecule has 218 valence electrons.